The SMILES string of the molecule is CSc1ccc(Cl)c(C(=O)N2CCOCC2CO)c1. The molecule has 19 heavy (non-hydrogen) atoms. The van der Waals surface area contributed by atoms with Crippen LogP contribution in [0, 0.1) is 0 Å². The van der Waals surface area contributed by atoms with Crippen LogP contribution in [-0.4, -0.2) is 54.6 Å². The van der Waals surface area contributed by atoms with Crippen LogP contribution in [-0.2, 0) is 4.74 Å². The van der Waals surface area contributed by atoms with Crippen molar-refractivity contribution in [1.29, 1.82) is 0 Å². The van der Waals surface area contributed by atoms with Crippen molar-refractivity contribution in [2.24, 2.45) is 0 Å². The van der Waals surface area contributed by atoms with Crippen molar-refractivity contribution < 1.29 is 14.6 Å². The summed E-state index contributed by atoms with van der Waals surface area (Å²) in [5, 5.41) is 9.75. The van der Waals surface area contributed by atoms with E-state index in [0.29, 0.717) is 30.3 Å². The molecule has 2 rings (SSSR count). The first-order valence-electron chi connectivity index (χ1n) is 6.00. The first kappa shape index (κ1) is 14.7. The Hall–Kier alpha value is -0.750. The second-order valence-electron chi connectivity index (χ2n) is 4.26. The molecule has 0 spiro atoms. The summed E-state index contributed by atoms with van der Waals surface area (Å²) >= 11 is 7.67. The Labute approximate surface area is 121 Å². The molecule has 1 N–H and O–H groups in total. The van der Waals surface area contributed by atoms with Gasteiger partial charge in [-0.3, -0.25) is 4.79 Å². The van der Waals surface area contributed by atoms with Gasteiger partial charge in [-0.2, -0.15) is 0 Å². The smallest absolute Gasteiger partial charge is 0.255 e. The average molecular weight is 302 g/mol. The molecule has 0 aliphatic carbocycles. The van der Waals surface area contributed by atoms with Gasteiger partial charge in [-0.15, -0.1) is 11.8 Å². The summed E-state index contributed by atoms with van der Waals surface area (Å²) in [6.07, 6.45) is 1.95. The fraction of sp³-hybridized carbons (Fsp3) is 0.462. The van der Waals surface area contributed by atoms with Crippen molar-refractivity contribution in [2.45, 2.75) is 10.9 Å². The molecule has 1 unspecified atom stereocenters. The maximum Gasteiger partial charge on any atom is 0.255 e. The third-order valence-electron chi connectivity index (χ3n) is 3.10. The summed E-state index contributed by atoms with van der Waals surface area (Å²) < 4.78 is 5.27. The number of carbonyl (C=O) groups is 1. The van der Waals surface area contributed by atoms with Crippen molar-refractivity contribution in [1.82, 2.24) is 4.90 Å². The normalized spacial score (nSPS) is 19.5. The predicted octanol–water partition coefficient (Wildman–Crippen LogP) is 1.90. The van der Waals surface area contributed by atoms with E-state index < -0.39 is 0 Å². The molecule has 6 heteroatoms. The number of amides is 1. The summed E-state index contributed by atoms with van der Waals surface area (Å²) in [4.78, 5) is 15.1. The number of rotatable bonds is 3. The lowest BCUT2D eigenvalue weighted by atomic mass is 10.1. The number of thioether (sulfide) groups is 1. The number of halogens is 1. The fourth-order valence-corrected chi connectivity index (χ4v) is 2.66. The van der Waals surface area contributed by atoms with E-state index in [1.54, 1.807) is 28.8 Å². The number of nitrogens with zero attached hydrogens (tertiary/aromatic N) is 1. The average Bonchev–Trinajstić information content (AvgIpc) is 2.47. The number of morpholine rings is 1. The van der Waals surface area contributed by atoms with Crippen LogP contribution in [0.25, 0.3) is 0 Å². The third kappa shape index (κ3) is 3.23. The van der Waals surface area contributed by atoms with Gasteiger partial charge in [0.1, 0.15) is 0 Å². The zero-order valence-corrected chi connectivity index (χ0v) is 12.2. The van der Waals surface area contributed by atoms with E-state index in [0.717, 1.165) is 4.90 Å². The quantitative estimate of drug-likeness (QED) is 0.866. The van der Waals surface area contributed by atoms with Gasteiger partial charge in [0.05, 0.1) is 36.4 Å². The van der Waals surface area contributed by atoms with E-state index in [-0.39, 0.29) is 18.6 Å². The minimum absolute atomic E-state index is 0.106. The van der Waals surface area contributed by atoms with Crippen molar-refractivity contribution in [3.05, 3.63) is 28.8 Å². The van der Waals surface area contributed by atoms with E-state index in [1.807, 2.05) is 12.3 Å². The van der Waals surface area contributed by atoms with Gasteiger partial charge >= 0.3 is 0 Å². The zero-order valence-electron chi connectivity index (χ0n) is 10.6. The largest absolute Gasteiger partial charge is 0.394 e. The second-order valence-corrected chi connectivity index (χ2v) is 5.54. The molecule has 1 aliphatic rings. The summed E-state index contributed by atoms with van der Waals surface area (Å²) in [5.41, 5.74) is 0.480. The molecule has 1 amide bonds. The molecule has 1 aromatic carbocycles. The molecule has 0 bridgehead atoms. The molecular formula is C13H16ClNO3S. The summed E-state index contributed by atoms with van der Waals surface area (Å²) in [6.45, 7) is 1.22. The van der Waals surface area contributed by atoms with Crippen molar-refractivity contribution in [3.8, 4) is 0 Å². The van der Waals surface area contributed by atoms with Crippen LogP contribution in [0.15, 0.2) is 23.1 Å². The van der Waals surface area contributed by atoms with Gasteiger partial charge in [0.2, 0.25) is 0 Å². The van der Waals surface area contributed by atoms with E-state index in [1.165, 1.54) is 0 Å². The van der Waals surface area contributed by atoms with Crippen LogP contribution in [0.1, 0.15) is 10.4 Å². The molecule has 1 aliphatic heterocycles. The molecule has 1 fully saturated rings. The van der Waals surface area contributed by atoms with E-state index >= 15 is 0 Å². The van der Waals surface area contributed by atoms with Gasteiger partial charge in [0, 0.05) is 11.4 Å². The van der Waals surface area contributed by atoms with E-state index in [4.69, 9.17) is 16.3 Å². The lowest BCUT2D eigenvalue weighted by Gasteiger charge is -2.34. The number of carbonyl (C=O) groups excluding carboxylic acids is 1. The highest BCUT2D eigenvalue weighted by Gasteiger charge is 2.28. The first-order valence-corrected chi connectivity index (χ1v) is 7.60. The van der Waals surface area contributed by atoms with Crippen LogP contribution in [0.4, 0.5) is 0 Å². The van der Waals surface area contributed by atoms with Crippen LogP contribution >= 0.6 is 23.4 Å². The van der Waals surface area contributed by atoms with Crippen molar-refractivity contribution >= 4 is 29.3 Å². The zero-order chi connectivity index (χ0) is 13.8. The number of aliphatic hydroxyl groups excluding tert-OH is 1. The number of hydrogen-bond donors (Lipinski definition) is 1. The molecule has 1 saturated heterocycles. The molecule has 0 saturated carbocycles. The van der Waals surface area contributed by atoms with Gasteiger partial charge in [-0.05, 0) is 24.5 Å². The standard InChI is InChI=1S/C13H16ClNO3S/c1-19-10-2-3-12(14)11(6-10)13(17)15-4-5-18-8-9(15)7-16/h2-3,6,9,16H,4-5,7-8H2,1H3. The van der Waals surface area contributed by atoms with Crippen LogP contribution in [0.5, 0.6) is 0 Å². The molecule has 4 nitrogen and oxygen atoms in total. The Bertz CT molecular complexity index is 469. The van der Waals surface area contributed by atoms with E-state index in [9.17, 15) is 9.90 Å². The monoisotopic (exact) mass is 301 g/mol. The fourth-order valence-electron chi connectivity index (χ4n) is 2.02. The highest BCUT2D eigenvalue weighted by molar-refractivity contribution is 7.98. The van der Waals surface area contributed by atoms with Crippen LogP contribution in [0.3, 0.4) is 0 Å². The van der Waals surface area contributed by atoms with Gasteiger partial charge in [0.25, 0.3) is 5.91 Å². The molecule has 1 heterocycles. The number of benzene rings is 1. The van der Waals surface area contributed by atoms with Gasteiger partial charge in [-0.1, -0.05) is 11.6 Å². The number of ether oxygens (including phenoxy) is 1. The maximum absolute atomic E-state index is 12.5. The maximum atomic E-state index is 12.5. The Kier molecular flexibility index (Phi) is 5.10. The molecular weight excluding hydrogens is 286 g/mol. The van der Waals surface area contributed by atoms with Crippen LogP contribution < -0.4 is 0 Å². The van der Waals surface area contributed by atoms with Crippen LogP contribution in [0.2, 0.25) is 5.02 Å². The predicted molar refractivity (Wildman–Crippen MR) is 76.0 cm³/mol. The topological polar surface area (TPSA) is 49.8 Å². The lowest BCUT2D eigenvalue weighted by molar-refractivity contribution is -0.0184. The van der Waals surface area contributed by atoms with Crippen molar-refractivity contribution in [3.63, 3.8) is 0 Å². The second kappa shape index (κ2) is 6.61. The molecule has 0 aromatic heterocycles. The summed E-state index contributed by atoms with van der Waals surface area (Å²) in [5.74, 6) is -0.150. The molecule has 104 valence electrons. The van der Waals surface area contributed by atoms with E-state index in [2.05, 4.69) is 0 Å². The lowest BCUT2D eigenvalue weighted by Crippen LogP contribution is -2.50. The summed E-state index contributed by atoms with van der Waals surface area (Å²) in [6, 6.07) is 5.11. The first-order chi connectivity index (χ1) is 9.17. The van der Waals surface area contributed by atoms with Gasteiger partial charge < -0.3 is 14.7 Å². The minimum Gasteiger partial charge on any atom is -0.394 e. The van der Waals surface area contributed by atoms with Crippen molar-refractivity contribution in [2.75, 3.05) is 32.6 Å². The Balaban J connectivity index is 2.27. The third-order valence-corrected chi connectivity index (χ3v) is 4.16. The van der Waals surface area contributed by atoms with Gasteiger partial charge in [0.15, 0.2) is 0 Å². The highest BCUT2D eigenvalue weighted by atomic mass is 35.5. The number of aliphatic hydroxyl groups is 1. The van der Waals surface area contributed by atoms with Gasteiger partial charge in [-0.25, -0.2) is 0 Å². The summed E-state index contributed by atoms with van der Waals surface area (Å²) in [7, 11) is 0. The Morgan fingerprint density at radius 1 is 1.63 bits per heavy atom. The highest BCUT2D eigenvalue weighted by Crippen LogP contribution is 2.25. The minimum atomic E-state index is -0.296. The Morgan fingerprint density at radius 3 is 3.11 bits per heavy atom. The Morgan fingerprint density at radius 2 is 2.42 bits per heavy atom. The molecule has 1 atom stereocenters. The molecule has 1 aromatic rings. The molecule has 0 radical (unpaired) electrons. The number of hydrogen-bond acceptors (Lipinski definition) is 4.